The Labute approximate surface area is 198 Å². The lowest BCUT2D eigenvalue weighted by Gasteiger charge is -2.38. The minimum absolute atomic E-state index is 0.240. The van der Waals surface area contributed by atoms with Crippen LogP contribution in [0.15, 0.2) is 53.1 Å². The number of nitrogens with zero attached hydrogens (tertiary/aromatic N) is 4. The Morgan fingerprint density at radius 1 is 1.09 bits per heavy atom. The van der Waals surface area contributed by atoms with E-state index in [2.05, 4.69) is 19.9 Å². The zero-order chi connectivity index (χ0) is 23.2. The van der Waals surface area contributed by atoms with Gasteiger partial charge in [-0.2, -0.15) is 4.98 Å². The molecule has 2 aromatic carbocycles. The first-order valence-corrected chi connectivity index (χ1v) is 11.3. The molecule has 0 saturated carbocycles. The molecule has 0 aliphatic carbocycles. The average Bonchev–Trinajstić information content (AvgIpc) is 3.30. The molecule has 0 radical (unpaired) electrons. The van der Waals surface area contributed by atoms with Crippen molar-refractivity contribution in [3.63, 3.8) is 0 Å². The maximum absolute atomic E-state index is 12.7. The van der Waals surface area contributed by atoms with Crippen molar-refractivity contribution in [1.29, 1.82) is 0 Å². The normalized spacial score (nSPS) is 15.8. The summed E-state index contributed by atoms with van der Waals surface area (Å²) < 4.78 is 16.0. The summed E-state index contributed by atoms with van der Waals surface area (Å²) in [6, 6.07) is 14.4. The van der Waals surface area contributed by atoms with Gasteiger partial charge < -0.3 is 14.0 Å². The second-order valence-corrected chi connectivity index (χ2v) is 8.20. The molecule has 0 bridgehead atoms. The number of halogens is 1. The summed E-state index contributed by atoms with van der Waals surface area (Å²) in [5.41, 5.74) is 1.73. The second kappa shape index (κ2) is 10.8. The number of benzene rings is 2. The first-order valence-electron chi connectivity index (χ1n) is 10.9. The molecule has 3 aromatic rings. The topological polar surface area (TPSA) is 80.9 Å². The molecule has 1 atom stereocenters. The van der Waals surface area contributed by atoms with Gasteiger partial charge in [-0.3, -0.25) is 9.80 Å². The fraction of sp³-hybridized carbons (Fsp3) is 0.375. The van der Waals surface area contributed by atoms with Crippen LogP contribution in [0.1, 0.15) is 24.4 Å². The van der Waals surface area contributed by atoms with Crippen LogP contribution in [0.4, 0.5) is 0 Å². The van der Waals surface area contributed by atoms with Crippen molar-refractivity contribution in [2.75, 3.05) is 39.9 Å². The largest absolute Gasteiger partial charge is 0.497 e. The van der Waals surface area contributed by atoms with E-state index in [1.165, 1.54) is 0 Å². The minimum Gasteiger partial charge on any atom is -0.497 e. The highest BCUT2D eigenvalue weighted by Crippen LogP contribution is 2.26. The molecule has 174 valence electrons. The summed E-state index contributed by atoms with van der Waals surface area (Å²) >= 11 is 6.03. The number of aromatic nitrogens is 2. The molecule has 2 heterocycles. The molecule has 1 unspecified atom stereocenters. The van der Waals surface area contributed by atoms with E-state index < -0.39 is 6.04 Å². The van der Waals surface area contributed by atoms with Crippen LogP contribution in [-0.2, 0) is 16.1 Å². The van der Waals surface area contributed by atoms with Crippen LogP contribution in [0, 0.1) is 0 Å². The van der Waals surface area contributed by atoms with Crippen molar-refractivity contribution in [2.24, 2.45) is 0 Å². The van der Waals surface area contributed by atoms with E-state index in [4.69, 9.17) is 25.6 Å². The van der Waals surface area contributed by atoms with Gasteiger partial charge in [0.2, 0.25) is 0 Å². The summed E-state index contributed by atoms with van der Waals surface area (Å²) in [6.45, 7) is 5.73. The highest BCUT2D eigenvalue weighted by Gasteiger charge is 2.32. The predicted octanol–water partition coefficient (Wildman–Crippen LogP) is 3.82. The van der Waals surface area contributed by atoms with Crippen LogP contribution < -0.4 is 4.74 Å². The SMILES string of the molecule is CCOC(=O)C(c1ccc(Cl)cc1)N1CCN(Cc2noc(-c3ccc(OC)cc3)n2)CC1. The molecule has 4 rings (SSSR count). The number of methoxy groups -OCH3 is 1. The fourth-order valence-corrected chi connectivity index (χ4v) is 4.04. The highest BCUT2D eigenvalue weighted by atomic mass is 35.5. The first kappa shape index (κ1) is 23.2. The third-order valence-electron chi connectivity index (χ3n) is 5.64. The Morgan fingerprint density at radius 2 is 1.79 bits per heavy atom. The molecule has 0 spiro atoms. The zero-order valence-corrected chi connectivity index (χ0v) is 19.5. The molecular formula is C24H27ClN4O4. The lowest BCUT2D eigenvalue weighted by atomic mass is 10.0. The van der Waals surface area contributed by atoms with Gasteiger partial charge in [-0.25, -0.2) is 4.79 Å². The van der Waals surface area contributed by atoms with E-state index in [1.54, 1.807) is 19.2 Å². The summed E-state index contributed by atoms with van der Waals surface area (Å²) in [5.74, 6) is 1.65. The summed E-state index contributed by atoms with van der Waals surface area (Å²) in [7, 11) is 1.63. The van der Waals surface area contributed by atoms with Crippen LogP contribution in [0.2, 0.25) is 5.02 Å². The molecule has 8 nitrogen and oxygen atoms in total. The number of carbonyl (C=O) groups is 1. The van der Waals surface area contributed by atoms with Crippen molar-refractivity contribution in [3.05, 3.63) is 64.9 Å². The third kappa shape index (κ3) is 5.71. The van der Waals surface area contributed by atoms with Crippen molar-refractivity contribution in [3.8, 4) is 17.2 Å². The number of piperazine rings is 1. The number of carbonyl (C=O) groups excluding carboxylic acids is 1. The molecule has 0 amide bonds. The summed E-state index contributed by atoms with van der Waals surface area (Å²) in [5, 5.41) is 4.77. The lowest BCUT2D eigenvalue weighted by Crippen LogP contribution is -2.49. The van der Waals surface area contributed by atoms with E-state index >= 15 is 0 Å². The molecule has 1 saturated heterocycles. The van der Waals surface area contributed by atoms with Crippen LogP contribution in [0.25, 0.3) is 11.5 Å². The number of ether oxygens (including phenoxy) is 2. The molecular weight excluding hydrogens is 444 g/mol. The minimum atomic E-state index is -0.448. The molecule has 1 fully saturated rings. The van der Waals surface area contributed by atoms with Crippen LogP contribution in [0.3, 0.4) is 0 Å². The Hall–Kier alpha value is -2.94. The van der Waals surface area contributed by atoms with Crippen LogP contribution in [-0.4, -0.2) is 65.8 Å². The molecule has 9 heteroatoms. The lowest BCUT2D eigenvalue weighted by molar-refractivity contribution is -0.150. The van der Waals surface area contributed by atoms with Crippen molar-refractivity contribution >= 4 is 17.6 Å². The number of esters is 1. The van der Waals surface area contributed by atoms with Crippen molar-refractivity contribution in [1.82, 2.24) is 19.9 Å². The Morgan fingerprint density at radius 3 is 2.42 bits per heavy atom. The third-order valence-corrected chi connectivity index (χ3v) is 5.89. The van der Waals surface area contributed by atoms with Gasteiger partial charge in [-0.15, -0.1) is 0 Å². The van der Waals surface area contributed by atoms with Gasteiger partial charge in [0.1, 0.15) is 11.8 Å². The van der Waals surface area contributed by atoms with Crippen LogP contribution in [0.5, 0.6) is 5.75 Å². The smallest absolute Gasteiger partial charge is 0.328 e. The maximum Gasteiger partial charge on any atom is 0.328 e. The first-order chi connectivity index (χ1) is 16.1. The number of rotatable bonds is 8. The Balaban J connectivity index is 1.38. The summed E-state index contributed by atoms with van der Waals surface area (Å²) in [6.07, 6.45) is 0. The van der Waals surface area contributed by atoms with Gasteiger partial charge >= 0.3 is 5.97 Å². The van der Waals surface area contributed by atoms with E-state index in [0.717, 1.165) is 43.1 Å². The van der Waals surface area contributed by atoms with E-state index in [1.807, 2.05) is 43.3 Å². The van der Waals surface area contributed by atoms with Crippen LogP contribution >= 0.6 is 11.6 Å². The molecule has 1 aliphatic rings. The monoisotopic (exact) mass is 470 g/mol. The Kier molecular flexibility index (Phi) is 7.59. The number of hydrogen-bond donors (Lipinski definition) is 0. The second-order valence-electron chi connectivity index (χ2n) is 7.76. The number of hydrogen-bond acceptors (Lipinski definition) is 8. The Bertz CT molecular complexity index is 1050. The van der Waals surface area contributed by atoms with Gasteiger partial charge in [-0.05, 0) is 48.9 Å². The molecule has 1 aliphatic heterocycles. The predicted molar refractivity (Wildman–Crippen MR) is 124 cm³/mol. The quantitative estimate of drug-likeness (QED) is 0.459. The van der Waals surface area contributed by atoms with E-state index in [9.17, 15) is 4.79 Å². The fourth-order valence-electron chi connectivity index (χ4n) is 3.91. The van der Waals surface area contributed by atoms with Crippen molar-refractivity contribution < 1.29 is 18.8 Å². The van der Waals surface area contributed by atoms with E-state index in [-0.39, 0.29) is 5.97 Å². The van der Waals surface area contributed by atoms with Gasteiger partial charge in [0.25, 0.3) is 5.89 Å². The summed E-state index contributed by atoms with van der Waals surface area (Å²) in [4.78, 5) is 21.7. The molecule has 1 aromatic heterocycles. The van der Waals surface area contributed by atoms with Gasteiger partial charge in [0, 0.05) is 36.8 Å². The standard InChI is InChI=1S/C24H27ClN4O4/c1-3-32-24(30)22(17-4-8-19(25)9-5-17)29-14-12-28(13-15-29)16-21-26-23(33-27-21)18-6-10-20(31-2)11-7-18/h4-11,22H,3,12-16H2,1-2H3. The zero-order valence-electron chi connectivity index (χ0n) is 18.7. The average molecular weight is 471 g/mol. The van der Waals surface area contributed by atoms with E-state index in [0.29, 0.717) is 29.9 Å². The van der Waals surface area contributed by atoms with Gasteiger partial charge in [0.15, 0.2) is 5.82 Å². The maximum atomic E-state index is 12.7. The molecule has 0 N–H and O–H groups in total. The molecule has 33 heavy (non-hydrogen) atoms. The van der Waals surface area contributed by atoms with Crippen molar-refractivity contribution in [2.45, 2.75) is 19.5 Å². The highest BCUT2D eigenvalue weighted by molar-refractivity contribution is 6.30. The van der Waals surface area contributed by atoms with Gasteiger partial charge in [0.05, 0.1) is 20.3 Å². The van der Waals surface area contributed by atoms with Gasteiger partial charge in [-0.1, -0.05) is 28.9 Å².